The van der Waals surface area contributed by atoms with E-state index in [1.165, 1.54) is 21.5 Å². The zero-order valence-electron chi connectivity index (χ0n) is 26.2. The van der Waals surface area contributed by atoms with Gasteiger partial charge in [0.2, 0.25) is 5.95 Å². The second-order valence-electron chi connectivity index (χ2n) is 12.6. The van der Waals surface area contributed by atoms with Crippen LogP contribution in [-0.2, 0) is 0 Å². The van der Waals surface area contributed by atoms with Crippen LogP contribution in [0, 0.1) is 0 Å². The maximum atomic E-state index is 6.65. The highest BCUT2D eigenvalue weighted by atomic mass is 16.3. The molecule has 0 aliphatic carbocycles. The third kappa shape index (κ3) is 3.70. The van der Waals surface area contributed by atoms with E-state index in [0.717, 1.165) is 66.3 Å². The maximum Gasteiger partial charge on any atom is 0.236 e. The van der Waals surface area contributed by atoms with Crippen LogP contribution in [-0.4, -0.2) is 19.1 Å². The number of hydrogen-bond donors (Lipinski definition) is 0. The lowest BCUT2D eigenvalue weighted by molar-refractivity contribution is 0.666. The van der Waals surface area contributed by atoms with Gasteiger partial charge in [-0.25, -0.2) is 9.97 Å². The summed E-state index contributed by atoms with van der Waals surface area (Å²) in [6.07, 6.45) is 0. The van der Waals surface area contributed by atoms with Crippen LogP contribution in [0.1, 0.15) is 0 Å². The quantitative estimate of drug-likeness (QED) is 0.196. The van der Waals surface area contributed by atoms with Gasteiger partial charge in [-0.2, -0.15) is 0 Å². The Morgan fingerprint density at radius 3 is 1.94 bits per heavy atom. The summed E-state index contributed by atoms with van der Waals surface area (Å²) in [6.45, 7) is 0. The number of para-hydroxylation sites is 4. The predicted molar refractivity (Wildman–Crippen MR) is 201 cm³/mol. The maximum absolute atomic E-state index is 6.65. The van der Waals surface area contributed by atoms with Crippen LogP contribution in [0.3, 0.4) is 0 Å². The molecule has 11 aromatic rings. The molecule has 5 heteroatoms. The molecule has 49 heavy (non-hydrogen) atoms. The van der Waals surface area contributed by atoms with Gasteiger partial charge in [0.25, 0.3) is 0 Å². The van der Waals surface area contributed by atoms with Crippen LogP contribution in [0.5, 0.6) is 0 Å². The minimum atomic E-state index is 0.610. The van der Waals surface area contributed by atoms with E-state index < -0.39 is 0 Å². The van der Waals surface area contributed by atoms with Crippen molar-refractivity contribution in [2.24, 2.45) is 0 Å². The monoisotopic (exact) mass is 626 g/mol. The van der Waals surface area contributed by atoms with Gasteiger partial charge in [-0.1, -0.05) is 103 Å². The lowest BCUT2D eigenvalue weighted by atomic mass is 10.0. The molecule has 0 atom stereocenters. The fourth-order valence-electron chi connectivity index (χ4n) is 7.80. The van der Waals surface area contributed by atoms with Crippen LogP contribution in [0.15, 0.2) is 162 Å². The minimum absolute atomic E-state index is 0.610. The van der Waals surface area contributed by atoms with Crippen molar-refractivity contribution < 1.29 is 4.42 Å². The van der Waals surface area contributed by atoms with Crippen LogP contribution in [0.2, 0.25) is 0 Å². The number of benzene rings is 7. The Morgan fingerprint density at radius 1 is 0.449 bits per heavy atom. The molecule has 0 aliphatic heterocycles. The zero-order valence-corrected chi connectivity index (χ0v) is 26.2. The van der Waals surface area contributed by atoms with Crippen molar-refractivity contribution in [1.82, 2.24) is 19.1 Å². The second kappa shape index (κ2) is 9.89. The van der Waals surface area contributed by atoms with Crippen molar-refractivity contribution >= 4 is 76.5 Å². The first-order chi connectivity index (χ1) is 24.3. The first kappa shape index (κ1) is 26.4. The van der Waals surface area contributed by atoms with Crippen LogP contribution >= 0.6 is 0 Å². The van der Waals surface area contributed by atoms with E-state index >= 15 is 0 Å². The van der Waals surface area contributed by atoms with E-state index in [1.54, 1.807) is 0 Å². The molecule has 4 aromatic heterocycles. The standard InChI is InChI=1S/C44H26N4O/c1-2-15-29(16-3-1)47-36-22-10-7-18-31(36)40-33(20-12-23-37(40)47)42-43-41(32-19-8-11-24-39(32)49-43)45-44(46-42)48-35-21-9-6-17-30(35)34-25-27-13-4-5-14-28(27)26-38(34)48/h1-26H. The molecule has 0 radical (unpaired) electrons. The number of hydrogen-bond acceptors (Lipinski definition) is 3. The minimum Gasteiger partial charge on any atom is -0.452 e. The normalized spacial score (nSPS) is 12.1. The third-order valence-electron chi connectivity index (χ3n) is 9.92. The fraction of sp³-hybridized carbons (Fsp3) is 0. The summed E-state index contributed by atoms with van der Waals surface area (Å²) in [6, 6.07) is 55.4. The van der Waals surface area contributed by atoms with Crippen molar-refractivity contribution in [3.63, 3.8) is 0 Å². The summed E-state index contributed by atoms with van der Waals surface area (Å²) < 4.78 is 11.2. The molecule has 0 bridgehead atoms. The molecule has 0 saturated carbocycles. The highest BCUT2D eigenvalue weighted by molar-refractivity contribution is 6.19. The smallest absolute Gasteiger partial charge is 0.236 e. The summed E-state index contributed by atoms with van der Waals surface area (Å²) in [7, 11) is 0. The number of aromatic nitrogens is 4. The van der Waals surface area contributed by atoms with E-state index in [1.807, 2.05) is 18.2 Å². The SMILES string of the molecule is c1ccc(-n2c3ccccc3c3c(-c4nc(-n5c6ccccc6c6cc7ccccc7cc65)nc5c4oc4ccccc45)cccc32)cc1. The zero-order chi connectivity index (χ0) is 32.1. The molecule has 7 aromatic carbocycles. The van der Waals surface area contributed by atoms with Gasteiger partial charge in [-0.05, 0) is 65.4 Å². The molecule has 228 valence electrons. The highest BCUT2D eigenvalue weighted by Crippen LogP contribution is 2.42. The largest absolute Gasteiger partial charge is 0.452 e. The van der Waals surface area contributed by atoms with Crippen molar-refractivity contribution in [1.29, 1.82) is 0 Å². The van der Waals surface area contributed by atoms with Crippen molar-refractivity contribution in [3.05, 3.63) is 158 Å². The van der Waals surface area contributed by atoms with E-state index in [0.29, 0.717) is 11.5 Å². The van der Waals surface area contributed by atoms with E-state index in [9.17, 15) is 0 Å². The topological polar surface area (TPSA) is 48.8 Å². The number of fused-ring (bicyclic) bond motifs is 10. The third-order valence-corrected chi connectivity index (χ3v) is 9.92. The first-order valence-electron chi connectivity index (χ1n) is 16.5. The van der Waals surface area contributed by atoms with Crippen molar-refractivity contribution in [2.75, 3.05) is 0 Å². The molecule has 5 nitrogen and oxygen atoms in total. The summed E-state index contributed by atoms with van der Waals surface area (Å²) in [5, 5.41) is 7.96. The van der Waals surface area contributed by atoms with Gasteiger partial charge in [0.1, 0.15) is 16.8 Å². The average molecular weight is 627 g/mol. The van der Waals surface area contributed by atoms with Gasteiger partial charge in [0, 0.05) is 38.2 Å². The van der Waals surface area contributed by atoms with Crippen molar-refractivity contribution in [2.45, 2.75) is 0 Å². The molecule has 0 saturated heterocycles. The van der Waals surface area contributed by atoms with Gasteiger partial charge in [-0.15, -0.1) is 0 Å². The molecular formula is C44H26N4O. The molecule has 0 aliphatic rings. The van der Waals surface area contributed by atoms with Gasteiger partial charge < -0.3 is 8.98 Å². The number of rotatable bonds is 3. The fourth-order valence-corrected chi connectivity index (χ4v) is 7.80. The van der Waals surface area contributed by atoms with Crippen LogP contribution in [0.25, 0.3) is 99.3 Å². The Bertz CT molecular complexity index is 3110. The second-order valence-corrected chi connectivity index (χ2v) is 12.6. The Balaban J connectivity index is 1.30. The Labute approximate surface area is 279 Å². The Morgan fingerprint density at radius 2 is 1.10 bits per heavy atom. The van der Waals surface area contributed by atoms with Crippen LogP contribution in [0.4, 0.5) is 0 Å². The first-order valence-corrected chi connectivity index (χ1v) is 16.5. The predicted octanol–water partition coefficient (Wildman–Crippen LogP) is 11.4. The lowest BCUT2D eigenvalue weighted by Gasteiger charge is -2.11. The van der Waals surface area contributed by atoms with E-state index in [4.69, 9.17) is 14.4 Å². The molecule has 0 amide bonds. The lowest BCUT2D eigenvalue weighted by Crippen LogP contribution is -2.03. The number of furan rings is 1. The average Bonchev–Trinajstić information content (AvgIpc) is 3.81. The van der Waals surface area contributed by atoms with Gasteiger partial charge in [0.05, 0.1) is 22.1 Å². The van der Waals surface area contributed by atoms with Crippen LogP contribution < -0.4 is 0 Å². The van der Waals surface area contributed by atoms with Gasteiger partial charge in [0.15, 0.2) is 5.58 Å². The summed E-state index contributed by atoms with van der Waals surface area (Å²) in [4.78, 5) is 10.8. The molecular weight excluding hydrogens is 601 g/mol. The van der Waals surface area contributed by atoms with Gasteiger partial charge >= 0.3 is 0 Å². The highest BCUT2D eigenvalue weighted by Gasteiger charge is 2.24. The molecule has 4 heterocycles. The van der Waals surface area contributed by atoms with E-state index in [-0.39, 0.29) is 0 Å². The molecule has 0 spiro atoms. The van der Waals surface area contributed by atoms with Gasteiger partial charge in [-0.3, -0.25) is 4.57 Å². The Kier molecular flexibility index (Phi) is 5.32. The summed E-state index contributed by atoms with van der Waals surface area (Å²) >= 11 is 0. The molecule has 0 N–H and O–H groups in total. The van der Waals surface area contributed by atoms with Crippen molar-refractivity contribution in [3.8, 4) is 22.9 Å². The molecule has 0 fully saturated rings. The summed E-state index contributed by atoms with van der Waals surface area (Å²) in [5.41, 5.74) is 9.52. The van der Waals surface area contributed by atoms with E-state index in [2.05, 4.69) is 149 Å². The Hall–Kier alpha value is -6.72. The summed E-state index contributed by atoms with van der Waals surface area (Å²) in [5.74, 6) is 0.610. The molecule has 11 rings (SSSR count). The number of nitrogens with zero attached hydrogens (tertiary/aromatic N) is 4. The molecule has 0 unspecified atom stereocenters.